The zero-order valence-corrected chi connectivity index (χ0v) is 15.5. The van der Waals surface area contributed by atoms with Gasteiger partial charge in [-0.15, -0.1) is 11.3 Å². The maximum absolute atomic E-state index is 9.29. The predicted molar refractivity (Wildman–Crippen MR) is 103 cm³/mol. The smallest absolute Gasteiger partial charge is 0.185 e. The Bertz CT molecular complexity index is 685. The molecule has 1 unspecified atom stereocenters. The molecule has 2 aliphatic rings. The Morgan fingerprint density at radius 3 is 2.64 bits per heavy atom. The molecule has 2 fully saturated rings. The van der Waals surface area contributed by atoms with E-state index in [-0.39, 0.29) is 6.61 Å². The number of aliphatic hydroxyl groups excluding tert-OH is 1. The van der Waals surface area contributed by atoms with Crippen molar-refractivity contribution < 1.29 is 5.11 Å². The van der Waals surface area contributed by atoms with Crippen molar-refractivity contribution >= 4 is 16.5 Å². The number of likely N-dealkylation sites (tertiary alicyclic amines) is 1. The molecule has 0 bridgehead atoms. The number of aromatic nitrogens is 1. The van der Waals surface area contributed by atoms with E-state index in [1.54, 1.807) is 11.3 Å². The monoisotopic (exact) mass is 357 g/mol. The van der Waals surface area contributed by atoms with E-state index in [1.165, 1.54) is 44.3 Å². The minimum atomic E-state index is 0.0420. The lowest BCUT2D eigenvalue weighted by atomic mass is 9.74. The second kappa shape index (κ2) is 7.44. The molecule has 2 saturated heterocycles. The Balaban J connectivity index is 1.44. The number of anilines is 1. The zero-order valence-electron chi connectivity index (χ0n) is 14.7. The summed E-state index contributed by atoms with van der Waals surface area (Å²) in [6.07, 6.45) is 5.19. The van der Waals surface area contributed by atoms with Gasteiger partial charge in [0.2, 0.25) is 0 Å². The minimum absolute atomic E-state index is 0.0420. The van der Waals surface area contributed by atoms with Crippen LogP contribution < -0.4 is 4.90 Å². The highest BCUT2D eigenvalue weighted by molar-refractivity contribution is 7.13. The maximum Gasteiger partial charge on any atom is 0.185 e. The van der Waals surface area contributed by atoms with Crippen LogP contribution in [0.25, 0.3) is 0 Å². The fourth-order valence-electron chi connectivity index (χ4n) is 4.51. The third-order valence-electron chi connectivity index (χ3n) is 5.62. The third kappa shape index (κ3) is 3.89. The van der Waals surface area contributed by atoms with Gasteiger partial charge in [-0.05, 0) is 37.8 Å². The largest absolute Gasteiger partial charge is 0.390 e. The highest BCUT2D eigenvalue weighted by Crippen LogP contribution is 2.40. The quantitative estimate of drug-likeness (QED) is 0.909. The number of hydrogen-bond acceptors (Lipinski definition) is 5. The minimum Gasteiger partial charge on any atom is -0.390 e. The van der Waals surface area contributed by atoms with Gasteiger partial charge < -0.3 is 10.0 Å². The van der Waals surface area contributed by atoms with Crippen LogP contribution in [0, 0.1) is 5.41 Å². The van der Waals surface area contributed by atoms with E-state index in [4.69, 9.17) is 0 Å². The number of thiazole rings is 1. The number of nitrogens with zero attached hydrogens (tertiary/aromatic N) is 3. The van der Waals surface area contributed by atoms with Crippen LogP contribution >= 0.6 is 11.3 Å². The molecule has 5 heteroatoms. The van der Waals surface area contributed by atoms with Crippen molar-refractivity contribution in [3.8, 4) is 0 Å². The summed E-state index contributed by atoms with van der Waals surface area (Å²) >= 11 is 1.67. The number of hydrogen-bond donors (Lipinski definition) is 1. The first-order valence-electron chi connectivity index (χ1n) is 9.33. The Morgan fingerprint density at radius 1 is 1.08 bits per heavy atom. The molecule has 4 rings (SSSR count). The first-order chi connectivity index (χ1) is 12.3. The van der Waals surface area contributed by atoms with E-state index >= 15 is 0 Å². The van der Waals surface area contributed by atoms with Crippen molar-refractivity contribution in [3.63, 3.8) is 0 Å². The summed E-state index contributed by atoms with van der Waals surface area (Å²) in [6.45, 7) is 5.71. The number of benzene rings is 1. The highest BCUT2D eigenvalue weighted by atomic mass is 32.1. The van der Waals surface area contributed by atoms with Crippen molar-refractivity contribution in [2.45, 2.75) is 38.8 Å². The fourth-order valence-corrected chi connectivity index (χ4v) is 5.35. The zero-order chi connectivity index (χ0) is 17.1. The van der Waals surface area contributed by atoms with Crippen LogP contribution in [0.5, 0.6) is 0 Å². The molecule has 0 radical (unpaired) electrons. The molecule has 1 N–H and O–H groups in total. The SMILES string of the molecule is OCc1csc(N2CCCC3(CCCN(Cc4ccccc4)C3)C2)n1. The average molecular weight is 358 g/mol. The van der Waals surface area contributed by atoms with Crippen molar-refractivity contribution in [1.29, 1.82) is 0 Å². The fraction of sp³-hybridized carbons (Fsp3) is 0.550. The van der Waals surface area contributed by atoms with E-state index in [0.717, 1.165) is 30.5 Å². The summed E-state index contributed by atoms with van der Waals surface area (Å²) in [6, 6.07) is 10.8. The lowest BCUT2D eigenvalue weighted by molar-refractivity contribution is 0.0684. The van der Waals surface area contributed by atoms with Crippen LogP contribution in [0.4, 0.5) is 5.13 Å². The molecule has 0 saturated carbocycles. The third-order valence-corrected chi connectivity index (χ3v) is 6.57. The summed E-state index contributed by atoms with van der Waals surface area (Å²) in [5, 5.41) is 12.4. The molecular formula is C20H27N3OS. The van der Waals surface area contributed by atoms with Gasteiger partial charge in [-0.2, -0.15) is 0 Å². The summed E-state index contributed by atoms with van der Waals surface area (Å²) in [5.74, 6) is 0. The van der Waals surface area contributed by atoms with Crippen molar-refractivity contribution in [2.24, 2.45) is 5.41 Å². The second-order valence-corrected chi connectivity index (χ2v) is 8.44. The van der Waals surface area contributed by atoms with Crippen LogP contribution in [-0.2, 0) is 13.2 Å². The number of rotatable bonds is 4. The van der Waals surface area contributed by atoms with Crippen LogP contribution in [0.15, 0.2) is 35.7 Å². The molecule has 0 amide bonds. The molecule has 0 aliphatic carbocycles. The van der Waals surface area contributed by atoms with E-state index in [9.17, 15) is 5.11 Å². The average Bonchev–Trinajstić information content (AvgIpc) is 3.12. The van der Waals surface area contributed by atoms with Crippen molar-refractivity contribution in [1.82, 2.24) is 9.88 Å². The Hall–Kier alpha value is -1.43. The van der Waals surface area contributed by atoms with Crippen LogP contribution in [0.3, 0.4) is 0 Å². The molecule has 2 aliphatic heterocycles. The number of aliphatic hydroxyl groups is 1. The van der Waals surface area contributed by atoms with Crippen LogP contribution in [0.2, 0.25) is 0 Å². The van der Waals surface area contributed by atoms with Gasteiger partial charge in [-0.25, -0.2) is 4.98 Å². The van der Waals surface area contributed by atoms with Crippen molar-refractivity contribution in [3.05, 3.63) is 47.0 Å². The molecule has 1 spiro atoms. The van der Waals surface area contributed by atoms with Gasteiger partial charge in [-0.1, -0.05) is 30.3 Å². The summed E-state index contributed by atoms with van der Waals surface area (Å²) in [4.78, 5) is 9.70. The molecular weight excluding hydrogens is 330 g/mol. The summed E-state index contributed by atoms with van der Waals surface area (Å²) < 4.78 is 0. The first-order valence-corrected chi connectivity index (χ1v) is 10.2. The van der Waals surface area contributed by atoms with Gasteiger partial charge in [-0.3, -0.25) is 4.90 Å². The first kappa shape index (κ1) is 17.0. The Labute approximate surface area is 154 Å². The Kier molecular flexibility index (Phi) is 5.06. The second-order valence-electron chi connectivity index (χ2n) is 7.60. The summed E-state index contributed by atoms with van der Waals surface area (Å²) in [5.41, 5.74) is 2.62. The molecule has 3 heterocycles. The van der Waals surface area contributed by atoms with Gasteiger partial charge in [0, 0.05) is 37.0 Å². The topological polar surface area (TPSA) is 39.6 Å². The molecule has 2 aromatic rings. The van der Waals surface area contributed by atoms with Crippen molar-refractivity contribution in [2.75, 3.05) is 31.1 Å². The molecule has 134 valence electrons. The van der Waals surface area contributed by atoms with Crippen LogP contribution in [-0.4, -0.2) is 41.2 Å². The number of piperidine rings is 2. The van der Waals surface area contributed by atoms with Gasteiger partial charge in [0.05, 0.1) is 12.3 Å². The lowest BCUT2D eigenvalue weighted by Crippen LogP contribution is -2.52. The van der Waals surface area contributed by atoms with E-state index in [1.807, 2.05) is 5.38 Å². The summed E-state index contributed by atoms with van der Waals surface area (Å²) in [7, 11) is 0. The van der Waals surface area contributed by atoms with Gasteiger partial charge >= 0.3 is 0 Å². The molecule has 1 atom stereocenters. The van der Waals surface area contributed by atoms with E-state index < -0.39 is 0 Å². The predicted octanol–water partition coefficient (Wildman–Crippen LogP) is 3.52. The van der Waals surface area contributed by atoms with Gasteiger partial charge in [0.1, 0.15) is 0 Å². The van der Waals surface area contributed by atoms with Crippen LogP contribution in [0.1, 0.15) is 36.9 Å². The maximum atomic E-state index is 9.29. The van der Waals surface area contributed by atoms with E-state index in [0.29, 0.717) is 5.41 Å². The van der Waals surface area contributed by atoms with Gasteiger partial charge in [0.25, 0.3) is 0 Å². The van der Waals surface area contributed by atoms with E-state index in [2.05, 4.69) is 45.1 Å². The molecule has 4 nitrogen and oxygen atoms in total. The lowest BCUT2D eigenvalue weighted by Gasteiger charge is -2.48. The Morgan fingerprint density at radius 2 is 1.88 bits per heavy atom. The van der Waals surface area contributed by atoms with Gasteiger partial charge in [0.15, 0.2) is 5.13 Å². The molecule has 25 heavy (non-hydrogen) atoms. The highest BCUT2D eigenvalue weighted by Gasteiger charge is 2.39. The molecule has 1 aromatic carbocycles. The standard InChI is InChI=1S/C20H27N3OS/c24-13-18-14-25-19(21-18)23-11-5-9-20(16-23)8-4-10-22(15-20)12-17-6-2-1-3-7-17/h1-3,6-7,14,24H,4-5,8-13,15-16H2. The molecule has 1 aromatic heterocycles. The normalized spacial score (nSPS) is 24.8.